The van der Waals surface area contributed by atoms with Crippen molar-refractivity contribution in [1.29, 1.82) is 0 Å². The van der Waals surface area contributed by atoms with Gasteiger partial charge in [0.25, 0.3) is 0 Å². The summed E-state index contributed by atoms with van der Waals surface area (Å²) in [7, 11) is 0. The van der Waals surface area contributed by atoms with Gasteiger partial charge in [0.05, 0.1) is 0 Å². The molecule has 0 aromatic heterocycles. The Bertz CT molecular complexity index is 166. The van der Waals surface area contributed by atoms with Gasteiger partial charge in [0.15, 0.2) is 0 Å². The van der Waals surface area contributed by atoms with E-state index in [1.807, 2.05) is 13.8 Å². The first kappa shape index (κ1) is 15.6. The number of hydrogen-bond acceptors (Lipinski definition) is 2. The Morgan fingerprint density at radius 3 is 2.12 bits per heavy atom. The van der Waals surface area contributed by atoms with Crippen LogP contribution >= 0.6 is 0 Å². The van der Waals surface area contributed by atoms with Crippen LogP contribution in [0.4, 0.5) is 0 Å². The summed E-state index contributed by atoms with van der Waals surface area (Å²) in [5.41, 5.74) is 0. The predicted octanol–water partition coefficient (Wildman–Crippen LogP) is 3.55. The van der Waals surface area contributed by atoms with Crippen molar-refractivity contribution >= 4 is 5.78 Å². The lowest BCUT2D eigenvalue weighted by Gasteiger charge is -2.04. The molecule has 0 saturated carbocycles. The molecule has 0 aromatic carbocycles. The molecule has 0 bridgehead atoms. The number of carbonyl (C=O) groups excluding carboxylic acids is 1. The minimum atomic E-state index is 0.222. The molecular weight excluding hydrogens is 198 g/mol. The molecule has 0 aromatic rings. The van der Waals surface area contributed by atoms with Gasteiger partial charge in [0, 0.05) is 12.3 Å². The maximum atomic E-state index is 11.3. The minimum Gasteiger partial charge on any atom is -0.317 e. The van der Waals surface area contributed by atoms with E-state index in [-0.39, 0.29) is 5.92 Å². The van der Waals surface area contributed by atoms with Crippen LogP contribution in [0.2, 0.25) is 0 Å². The van der Waals surface area contributed by atoms with Gasteiger partial charge in [-0.3, -0.25) is 4.79 Å². The van der Waals surface area contributed by atoms with Crippen molar-refractivity contribution in [3.8, 4) is 0 Å². The normalized spacial score (nSPS) is 11.0. The standard InChI is InChI=1S/C14H29NO/c1-4-15-12-10-8-6-5-7-9-11-14(16)13(2)3/h13,15H,4-12H2,1-3H3. The monoisotopic (exact) mass is 227 g/mol. The minimum absolute atomic E-state index is 0.222. The second kappa shape index (κ2) is 11.1. The summed E-state index contributed by atoms with van der Waals surface area (Å²) in [4.78, 5) is 11.3. The van der Waals surface area contributed by atoms with E-state index in [4.69, 9.17) is 0 Å². The fraction of sp³-hybridized carbons (Fsp3) is 0.929. The lowest BCUT2D eigenvalue weighted by molar-refractivity contribution is -0.122. The first-order valence-corrected chi connectivity index (χ1v) is 6.92. The Hall–Kier alpha value is -0.370. The molecule has 1 N–H and O–H groups in total. The molecule has 0 aliphatic carbocycles. The molecule has 0 unspecified atom stereocenters. The highest BCUT2D eigenvalue weighted by Crippen LogP contribution is 2.09. The molecule has 2 heteroatoms. The second-order valence-electron chi connectivity index (χ2n) is 4.85. The van der Waals surface area contributed by atoms with Gasteiger partial charge in [0.1, 0.15) is 5.78 Å². The zero-order valence-corrected chi connectivity index (χ0v) is 11.3. The van der Waals surface area contributed by atoms with Crippen molar-refractivity contribution in [2.24, 2.45) is 5.92 Å². The lowest BCUT2D eigenvalue weighted by atomic mass is 10.0. The van der Waals surface area contributed by atoms with Gasteiger partial charge in [-0.15, -0.1) is 0 Å². The molecule has 0 aliphatic rings. The Morgan fingerprint density at radius 1 is 1.00 bits per heavy atom. The first-order valence-electron chi connectivity index (χ1n) is 6.92. The number of ketones is 1. The highest BCUT2D eigenvalue weighted by Gasteiger charge is 2.05. The molecule has 96 valence electrons. The van der Waals surface area contributed by atoms with Crippen molar-refractivity contribution in [2.75, 3.05) is 13.1 Å². The summed E-state index contributed by atoms with van der Waals surface area (Å²) in [6, 6.07) is 0. The highest BCUT2D eigenvalue weighted by molar-refractivity contribution is 5.80. The van der Waals surface area contributed by atoms with Crippen molar-refractivity contribution in [3.63, 3.8) is 0 Å². The molecule has 0 atom stereocenters. The summed E-state index contributed by atoms with van der Waals surface area (Å²) >= 11 is 0. The largest absolute Gasteiger partial charge is 0.317 e. The second-order valence-corrected chi connectivity index (χ2v) is 4.85. The van der Waals surface area contributed by atoms with Crippen LogP contribution in [0.1, 0.15) is 65.7 Å². The number of unbranched alkanes of at least 4 members (excludes halogenated alkanes) is 5. The summed E-state index contributed by atoms with van der Waals surface area (Å²) < 4.78 is 0. The van der Waals surface area contributed by atoms with E-state index in [9.17, 15) is 4.79 Å². The fourth-order valence-corrected chi connectivity index (χ4v) is 1.72. The third-order valence-electron chi connectivity index (χ3n) is 2.92. The van der Waals surface area contributed by atoms with Gasteiger partial charge >= 0.3 is 0 Å². The Kier molecular flexibility index (Phi) is 10.9. The molecule has 0 fully saturated rings. The van der Waals surface area contributed by atoms with Crippen LogP contribution in [0.25, 0.3) is 0 Å². The van der Waals surface area contributed by atoms with E-state index in [0.29, 0.717) is 5.78 Å². The van der Waals surface area contributed by atoms with Gasteiger partial charge < -0.3 is 5.32 Å². The molecule has 0 aliphatic heterocycles. The number of rotatable bonds is 11. The van der Waals surface area contributed by atoms with Gasteiger partial charge in [0.2, 0.25) is 0 Å². The summed E-state index contributed by atoms with van der Waals surface area (Å²) in [6.07, 6.45) is 8.32. The van der Waals surface area contributed by atoms with Crippen LogP contribution in [-0.2, 0) is 4.79 Å². The molecule has 0 saturated heterocycles. The van der Waals surface area contributed by atoms with E-state index in [2.05, 4.69) is 12.2 Å². The molecule has 0 rings (SSSR count). The van der Waals surface area contributed by atoms with Crippen LogP contribution in [0, 0.1) is 5.92 Å². The number of nitrogens with one attached hydrogen (secondary N) is 1. The number of carbonyl (C=O) groups is 1. The number of Topliss-reactive ketones (excluding diaryl/α,β-unsaturated/α-hetero) is 1. The van der Waals surface area contributed by atoms with Crippen LogP contribution in [-0.4, -0.2) is 18.9 Å². The van der Waals surface area contributed by atoms with E-state index < -0.39 is 0 Å². The maximum absolute atomic E-state index is 11.3. The first-order chi connectivity index (χ1) is 7.68. The van der Waals surface area contributed by atoms with Crippen LogP contribution in [0.3, 0.4) is 0 Å². The Morgan fingerprint density at radius 2 is 1.56 bits per heavy atom. The van der Waals surface area contributed by atoms with Crippen molar-refractivity contribution in [3.05, 3.63) is 0 Å². The highest BCUT2D eigenvalue weighted by atomic mass is 16.1. The zero-order valence-electron chi connectivity index (χ0n) is 11.3. The average molecular weight is 227 g/mol. The van der Waals surface area contributed by atoms with E-state index >= 15 is 0 Å². The van der Waals surface area contributed by atoms with Crippen LogP contribution in [0.5, 0.6) is 0 Å². The fourth-order valence-electron chi connectivity index (χ4n) is 1.72. The van der Waals surface area contributed by atoms with Gasteiger partial charge in [-0.1, -0.05) is 46.5 Å². The topological polar surface area (TPSA) is 29.1 Å². The smallest absolute Gasteiger partial charge is 0.135 e. The summed E-state index contributed by atoms with van der Waals surface area (Å²) in [6.45, 7) is 8.36. The quantitative estimate of drug-likeness (QED) is 0.547. The van der Waals surface area contributed by atoms with E-state index in [0.717, 1.165) is 25.9 Å². The Balaban J connectivity index is 3.07. The lowest BCUT2D eigenvalue weighted by Crippen LogP contribution is -2.13. The van der Waals surface area contributed by atoms with Crippen LogP contribution in [0.15, 0.2) is 0 Å². The van der Waals surface area contributed by atoms with Crippen LogP contribution < -0.4 is 5.32 Å². The van der Waals surface area contributed by atoms with E-state index in [1.54, 1.807) is 0 Å². The average Bonchev–Trinajstić information content (AvgIpc) is 2.26. The third kappa shape index (κ3) is 10.2. The molecule has 0 radical (unpaired) electrons. The molecule has 0 amide bonds. The summed E-state index contributed by atoms with van der Waals surface area (Å²) in [5, 5.41) is 3.33. The molecule has 16 heavy (non-hydrogen) atoms. The van der Waals surface area contributed by atoms with Crippen molar-refractivity contribution in [1.82, 2.24) is 5.32 Å². The molecular formula is C14H29NO. The maximum Gasteiger partial charge on any atom is 0.135 e. The van der Waals surface area contributed by atoms with E-state index in [1.165, 1.54) is 32.1 Å². The predicted molar refractivity (Wildman–Crippen MR) is 70.7 cm³/mol. The molecule has 2 nitrogen and oxygen atoms in total. The number of hydrogen-bond donors (Lipinski definition) is 1. The molecule has 0 spiro atoms. The van der Waals surface area contributed by atoms with Crippen molar-refractivity contribution in [2.45, 2.75) is 65.7 Å². The van der Waals surface area contributed by atoms with Gasteiger partial charge in [-0.05, 0) is 25.9 Å². The SMILES string of the molecule is CCNCCCCCCCCC(=O)C(C)C. The Labute approximate surface area is 101 Å². The molecule has 0 heterocycles. The zero-order chi connectivity index (χ0) is 12.2. The summed E-state index contributed by atoms with van der Waals surface area (Å²) in [5.74, 6) is 0.646. The van der Waals surface area contributed by atoms with Crippen molar-refractivity contribution < 1.29 is 4.79 Å². The third-order valence-corrected chi connectivity index (χ3v) is 2.92. The van der Waals surface area contributed by atoms with Gasteiger partial charge in [-0.2, -0.15) is 0 Å². The van der Waals surface area contributed by atoms with Gasteiger partial charge in [-0.25, -0.2) is 0 Å².